The number of fused-ring (bicyclic) bond motifs is 1. The van der Waals surface area contributed by atoms with Crippen molar-refractivity contribution in [2.75, 3.05) is 25.1 Å². The van der Waals surface area contributed by atoms with E-state index in [9.17, 15) is 4.79 Å². The van der Waals surface area contributed by atoms with E-state index in [4.69, 9.17) is 9.72 Å². The van der Waals surface area contributed by atoms with E-state index in [0.717, 1.165) is 42.3 Å². The van der Waals surface area contributed by atoms with E-state index in [-0.39, 0.29) is 12.1 Å². The molecule has 7 nitrogen and oxygen atoms in total. The van der Waals surface area contributed by atoms with Crippen molar-refractivity contribution in [2.24, 2.45) is 0 Å². The second-order valence-electron chi connectivity index (χ2n) is 6.72. The van der Waals surface area contributed by atoms with Crippen LogP contribution in [0.4, 0.5) is 9.93 Å². The summed E-state index contributed by atoms with van der Waals surface area (Å²) in [6, 6.07) is 13.7. The number of aromatic nitrogens is 2. The molecule has 0 unspecified atom stereocenters. The van der Waals surface area contributed by atoms with E-state index in [0.29, 0.717) is 12.4 Å². The van der Waals surface area contributed by atoms with Gasteiger partial charge in [-0.05, 0) is 31.0 Å². The largest absolute Gasteiger partial charge is 0.481 e. The first-order chi connectivity index (χ1) is 13.7. The number of nitrogens with one attached hydrogen (secondary N) is 2. The third-order valence-corrected chi connectivity index (χ3v) is 5.90. The van der Waals surface area contributed by atoms with Crippen LogP contribution in [0.15, 0.2) is 42.5 Å². The molecule has 0 aliphatic carbocycles. The summed E-state index contributed by atoms with van der Waals surface area (Å²) in [5.41, 5.74) is 1.81. The Labute approximate surface area is 167 Å². The average molecular weight is 398 g/mol. The first kappa shape index (κ1) is 18.5. The minimum atomic E-state index is -0.164. The molecule has 1 fully saturated rings. The van der Waals surface area contributed by atoms with Gasteiger partial charge in [0.1, 0.15) is 0 Å². The Morgan fingerprint density at radius 2 is 2.00 bits per heavy atom. The van der Waals surface area contributed by atoms with Crippen molar-refractivity contribution in [1.29, 1.82) is 0 Å². The molecule has 2 N–H and O–H groups in total. The number of carbonyl (C=O) groups excluding carboxylic acids is 1. The summed E-state index contributed by atoms with van der Waals surface area (Å²) in [7, 11) is 1.58. The zero-order chi connectivity index (χ0) is 19.3. The molecule has 28 heavy (non-hydrogen) atoms. The zero-order valence-corrected chi connectivity index (χ0v) is 16.5. The van der Waals surface area contributed by atoms with Crippen molar-refractivity contribution >= 4 is 32.7 Å². The van der Waals surface area contributed by atoms with Crippen molar-refractivity contribution in [1.82, 2.24) is 20.6 Å². The van der Waals surface area contributed by atoms with Gasteiger partial charge < -0.3 is 20.3 Å². The number of methoxy groups -OCH3 is 1. The molecular formula is C20H23N5O2S. The molecule has 0 radical (unpaired) electrons. The van der Waals surface area contributed by atoms with Crippen molar-refractivity contribution in [3.05, 3.63) is 48.2 Å². The van der Waals surface area contributed by atoms with Gasteiger partial charge in [0.25, 0.3) is 0 Å². The Kier molecular flexibility index (Phi) is 5.57. The normalized spacial score (nSPS) is 14.8. The predicted octanol–water partition coefficient (Wildman–Crippen LogP) is 3.17. The van der Waals surface area contributed by atoms with E-state index >= 15 is 0 Å². The molecule has 3 aromatic rings. The smallest absolute Gasteiger partial charge is 0.315 e. The number of piperidine rings is 1. The molecule has 2 aromatic heterocycles. The Balaban J connectivity index is 1.25. The van der Waals surface area contributed by atoms with Crippen LogP contribution in [0.1, 0.15) is 18.5 Å². The lowest BCUT2D eigenvalue weighted by molar-refractivity contribution is 0.234. The number of pyridine rings is 1. The number of hydrogen-bond acceptors (Lipinski definition) is 6. The maximum atomic E-state index is 12.2. The van der Waals surface area contributed by atoms with Gasteiger partial charge in [0.15, 0.2) is 5.13 Å². The molecule has 3 heterocycles. The fraction of sp³-hybridized carbons (Fsp3) is 0.350. The minimum Gasteiger partial charge on any atom is -0.481 e. The van der Waals surface area contributed by atoms with Crippen LogP contribution in [0, 0.1) is 0 Å². The van der Waals surface area contributed by atoms with Gasteiger partial charge >= 0.3 is 6.03 Å². The summed E-state index contributed by atoms with van der Waals surface area (Å²) in [5.74, 6) is 0.543. The molecule has 0 bridgehead atoms. The molecule has 0 saturated carbocycles. The number of nitrogens with zero attached hydrogens (tertiary/aromatic N) is 3. The van der Waals surface area contributed by atoms with E-state index in [1.165, 1.54) is 4.70 Å². The maximum absolute atomic E-state index is 12.2. The molecule has 1 aliphatic heterocycles. The van der Waals surface area contributed by atoms with E-state index in [1.54, 1.807) is 24.5 Å². The van der Waals surface area contributed by atoms with Crippen molar-refractivity contribution in [2.45, 2.75) is 25.4 Å². The number of anilines is 1. The van der Waals surface area contributed by atoms with Crippen molar-refractivity contribution < 1.29 is 9.53 Å². The zero-order valence-electron chi connectivity index (χ0n) is 15.7. The monoisotopic (exact) mass is 397 g/mol. The topological polar surface area (TPSA) is 79.4 Å². The van der Waals surface area contributed by atoms with Gasteiger partial charge in [0.05, 0.1) is 29.6 Å². The number of thiazole rings is 1. The lowest BCUT2D eigenvalue weighted by Crippen LogP contribution is -2.47. The summed E-state index contributed by atoms with van der Waals surface area (Å²) in [6.45, 7) is 2.15. The van der Waals surface area contributed by atoms with Gasteiger partial charge in [-0.3, -0.25) is 0 Å². The molecule has 8 heteroatoms. The van der Waals surface area contributed by atoms with Crippen LogP contribution in [0.5, 0.6) is 5.88 Å². The van der Waals surface area contributed by atoms with Gasteiger partial charge in [-0.1, -0.05) is 29.5 Å². The fourth-order valence-corrected chi connectivity index (χ4v) is 4.30. The second-order valence-corrected chi connectivity index (χ2v) is 7.73. The van der Waals surface area contributed by atoms with Crippen LogP contribution >= 0.6 is 11.3 Å². The van der Waals surface area contributed by atoms with Gasteiger partial charge in [-0.25, -0.2) is 14.8 Å². The Morgan fingerprint density at radius 3 is 2.79 bits per heavy atom. The lowest BCUT2D eigenvalue weighted by atomic mass is 10.1. The number of ether oxygens (including phenoxy) is 1. The predicted molar refractivity (Wildman–Crippen MR) is 111 cm³/mol. The van der Waals surface area contributed by atoms with Crippen LogP contribution in [0.25, 0.3) is 10.2 Å². The molecule has 1 aliphatic rings. The number of urea groups is 1. The molecule has 2 amide bonds. The maximum Gasteiger partial charge on any atom is 0.315 e. The Morgan fingerprint density at radius 1 is 1.18 bits per heavy atom. The molecular weight excluding hydrogens is 374 g/mol. The second kappa shape index (κ2) is 8.43. The first-order valence-electron chi connectivity index (χ1n) is 9.36. The molecule has 0 spiro atoms. The number of carbonyl (C=O) groups is 1. The number of rotatable bonds is 5. The number of para-hydroxylation sites is 1. The van der Waals surface area contributed by atoms with Gasteiger partial charge in [-0.15, -0.1) is 0 Å². The highest BCUT2D eigenvalue weighted by molar-refractivity contribution is 7.22. The van der Waals surface area contributed by atoms with Crippen LogP contribution < -0.4 is 20.3 Å². The van der Waals surface area contributed by atoms with Gasteiger partial charge in [-0.2, -0.15) is 0 Å². The molecule has 4 rings (SSSR count). The number of amides is 2. The van der Waals surface area contributed by atoms with Crippen LogP contribution in [0.2, 0.25) is 0 Å². The summed E-state index contributed by atoms with van der Waals surface area (Å²) >= 11 is 1.73. The molecule has 1 aromatic carbocycles. The highest BCUT2D eigenvalue weighted by atomic mass is 32.1. The highest BCUT2D eigenvalue weighted by Gasteiger charge is 2.22. The quantitative estimate of drug-likeness (QED) is 0.691. The highest BCUT2D eigenvalue weighted by Crippen LogP contribution is 2.30. The van der Waals surface area contributed by atoms with Crippen LogP contribution in [-0.4, -0.2) is 42.2 Å². The number of hydrogen-bond donors (Lipinski definition) is 2. The van der Waals surface area contributed by atoms with Gasteiger partial charge in [0.2, 0.25) is 5.88 Å². The minimum absolute atomic E-state index is 0.164. The molecule has 1 saturated heterocycles. The standard InChI is InChI=1S/C20H23N5O2S/c1-27-18-8-4-5-15(22-18)13-21-19(26)23-14-9-11-25(12-10-14)20-24-16-6-2-3-7-17(16)28-20/h2-8,14H,9-13H2,1H3,(H2,21,23,26). The Bertz CT molecular complexity index is 919. The van der Waals surface area contributed by atoms with E-state index in [2.05, 4.69) is 26.6 Å². The summed E-state index contributed by atoms with van der Waals surface area (Å²) in [6.07, 6.45) is 1.81. The Hall–Kier alpha value is -2.87. The summed E-state index contributed by atoms with van der Waals surface area (Å²) in [5, 5.41) is 6.99. The molecule has 0 atom stereocenters. The molecule has 146 valence electrons. The lowest BCUT2D eigenvalue weighted by Gasteiger charge is -2.32. The third kappa shape index (κ3) is 4.33. The first-order valence-corrected chi connectivity index (χ1v) is 10.2. The van der Waals surface area contributed by atoms with Gasteiger partial charge in [0, 0.05) is 25.2 Å². The fourth-order valence-electron chi connectivity index (χ4n) is 3.29. The third-order valence-electron chi connectivity index (χ3n) is 4.80. The van der Waals surface area contributed by atoms with Crippen LogP contribution in [-0.2, 0) is 6.54 Å². The van der Waals surface area contributed by atoms with Crippen molar-refractivity contribution in [3.63, 3.8) is 0 Å². The summed E-state index contributed by atoms with van der Waals surface area (Å²) in [4.78, 5) is 23.5. The number of benzene rings is 1. The SMILES string of the molecule is COc1cccc(CNC(=O)NC2CCN(c3nc4ccccc4s3)CC2)n1. The van der Waals surface area contributed by atoms with E-state index < -0.39 is 0 Å². The summed E-state index contributed by atoms with van der Waals surface area (Å²) < 4.78 is 6.31. The average Bonchev–Trinajstić information content (AvgIpc) is 3.17. The van der Waals surface area contributed by atoms with Crippen molar-refractivity contribution in [3.8, 4) is 5.88 Å². The van der Waals surface area contributed by atoms with Crippen LogP contribution in [0.3, 0.4) is 0 Å². The van der Waals surface area contributed by atoms with E-state index in [1.807, 2.05) is 30.3 Å².